The van der Waals surface area contributed by atoms with Gasteiger partial charge >= 0.3 is 5.03 Å². The van der Waals surface area contributed by atoms with Crippen molar-refractivity contribution in [3.63, 3.8) is 0 Å². The fraction of sp³-hybridized carbons (Fsp3) is 0.500. The van der Waals surface area contributed by atoms with Crippen LogP contribution in [0.25, 0.3) is 0 Å². The molecule has 0 fully saturated rings. The Morgan fingerprint density at radius 1 is 1.60 bits per heavy atom. The summed E-state index contributed by atoms with van der Waals surface area (Å²) >= 11 is 5.58. The third-order valence-electron chi connectivity index (χ3n) is 1.34. The van der Waals surface area contributed by atoms with Gasteiger partial charge in [0.15, 0.2) is 6.61 Å². The van der Waals surface area contributed by atoms with E-state index in [2.05, 4.69) is 15.4 Å². The van der Waals surface area contributed by atoms with Gasteiger partial charge in [0, 0.05) is 0 Å². The van der Waals surface area contributed by atoms with Crippen molar-refractivity contribution in [1.82, 2.24) is 9.97 Å². The molecule has 1 aromatic rings. The van der Waals surface area contributed by atoms with Crippen molar-refractivity contribution >= 4 is 17.4 Å². The molecule has 1 rings (SSSR count). The number of aromatic nitrogens is 2. The normalized spacial score (nSPS) is 10.1. The van der Waals surface area contributed by atoms with E-state index >= 15 is 0 Å². The van der Waals surface area contributed by atoms with Gasteiger partial charge in [-0.3, -0.25) is 4.98 Å². The predicted molar refractivity (Wildman–Crippen MR) is 55.1 cm³/mol. The van der Waals surface area contributed by atoms with Gasteiger partial charge in [0.2, 0.25) is 5.82 Å². The third-order valence-corrected chi connectivity index (χ3v) is 1.52. The first kappa shape index (κ1) is 11.6. The molecule has 1 N–H and O–H groups in total. The van der Waals surface area contributed by atoms with Gasteiger partial charge in [0.25, 0.3) is 0 Å². The molecule has 0 aliphatic rings. The van der Waals surface area contributed by atoms with E-state index in [0.717, 1.165) is 0 Å². The largest absolute Gasteiger partial charge is 0.363 e. The molecule has 0 aliphatic carbocycles. The van der Waals surface area contributed by atoms with Crippen LogP contribution in [0.5, 0.6) is 0 Å². The molecule has 7 heteroatoms. The molecule has 0 spiro atoms. The Labute approximate surface area is 92.1 Å². The van der Waals surface area contributed by atoms with Crippen LogP contribution >= 0.6 is 11.6 Å². The van der Waals surface area contributed by atoms with Crippen molar-refractivity contribution in [2.75, 3.05) is 12.0 Å². The van der Waals surface area contributed by atoms with Crippen LogP contribution in [0.2, 0.25) is 5.15 Å². The van der Waals surface area contributed by atoms with Crippen molar-refractivity contribution in [2.45, 2.75) is 13.8 Å². The van der Waals surface area contributed by atoms with Crippen LogP contribution in [-0.2, 0) is 4.84 Å². The highest BCUT2D eigenvalue weighted by atomic mass is 35.5. The zero-order chi connectivity index (χ0) is 11.3. The Balaban J connectivity index is 2.44. The van der Waals surface area contributed by atoms with Gasteiger partial charge in [-0.25, -0.2) is 9.82 Å². The maximum absolute atomic E-state index is 11.1. The minimum absolute atomic E-state index is 0.206. The minimum atomic E-state index is 0.206. The first-order valence-electron chi connectivity index (χ1n) is 4.42. The van der Waals surface area contributed by atoms with E-state index in [1.807, 2.05) is 13.8 Å². The van der Waals surface area contributed by atoms with Gasteiger partial charge in [0.05, 0.1) is 12.4 Å². The van der Waals surface area contributed by atoms with Crippen LogP contribution in [0.1, 0.15) is 13.8 Å². The van der Waals surface area contributed by atoms with Crippen LogP contribution in [-0.4, -0.2) is 21.6 Å². The number of nitrogens with one attached hydrogen (secondary N) is 1. The number of hydrogen-bond donors (Lipinski definition) is 1. The minimum Gasteiger partial charge on any atom is -0.257 e. The number of hydrogen-bond acceptors (Lipinski definition) is 4. The van der Waals surface area contributed by atoms with Gasteiger partial charge in [-0.1, -0.05) is 25.4 Å². The molecule has 0 aliphatic heterocycles. The molecule has 0 amide bonds. The number of nitrogens with zero attached hydrogens (tertiary/aromatic N) is 3. The Bertz CT molecular complexity index is 345. The third kappa shape index (κ3) is 4.55. The molecule has 1 aromatic heterocycles. The summed E-state index contributed by atoms with van der Waals surface area (Å²) in [4.78, 5) is 23.5. The summed E-state index contributed by atoms with van der Waals surface area (Å²) in [7, 11) is 0. The lowest BCUT2D eigenvalue weighted by atomic mass is 10.2. The average Bonchev–Trinajstić information content (AvgIpc) is 2.15. The predicted octanol–water partition coefficient (Wildman–Crippen LogP) is 1.82. The lowest BCUT2D eigenvalue weighted by molar-refractivity contribution is -0.784. The molecular weight excluding hydrogens is 220 g/mol. The lowest BCUT2D eigenvalue weighted by Crippen LogP contribution is -2.20. The monoisotopic (exact) mass is 231 g/mol. The first-order valence-corrected chi connectivity index (χ1v) is 4.80. The molecule has 0 saturated carbocycles. The second kappa shape index (κ2) is 5.45. The lowest BCUT2D eigenvalue weighted by Gasteiger charge is -1.98. The summed E-state index contributed by atoms with van der Waals surface area (Å²) in [6.45, 7) is 4.20. The number of halogens is 1. The molecule has 0 bridgehead atoms. The number of rotatable bonds is 5. The van der Waals surface area contributed by atoms with Crippen LogP contribution in [0, 0.1) is 10.8 Å². The Hall–Kier alpha value is -1.43. The maximum Gasteiger partial charge on any atom is 0.363 e. The molecule has 0 saturated heterocycles. The van der Waals surface area contributed by atoms with Crippen LogP contribution in [0.4, 0.5) is 5.82 Å². The fourth-order valence-electron chi connectivity index (χ4n) is 0.739. The first-order chi connectivity index (χ1) is 7.08. The van der Waals surface area contributed by atoms with Crippen molar-refractivity contribution < 1.29 is 9.87 Å². The second-order valence-electron chi connectivity index (χ2n) is 3.29. The maximum atomic E-state index is 11.1. The Morgan fingerprint density at radius 3 is 2.93 bits per heavy atom. The molecule has 15 heavy (non-hydrogen) atoms. The van der Waals surface area contributed by atoms with E-state index in [4.69, 9.17) is 16.4 Å². The van der Waals surface area contributed by atoms with E-state index in [9.17, 15) is 4.91 Å². The Morgan fingerprint density at radius 2 is 2.33 bits per heavy atom. The zero-order valence-electron chi connectivity index (χ0n) is 8.48. The summed E-state index contributed by atoms with van der Waals surface area (Å²) in [6, 6.07) is 0. The van der Waals surface area contributed by atoms with E-state index in [1.54, 1.807) is 0 Å². The van der Waals surface area contributed by atoms with E-state index in [-0.39, 0.29) is 21.9 Å². The smallest absolute Gasteiger partial charge is 0.257 e. The van der Waals surface area contributed by atoms with Crippen LogP contribution in [0.3, 0.4) is 0 Å². The van der Waals surface area contributed by atoms with Crippen molar-refractivity contribution in [1.29, 1.82) is 0 Å². The average molecular weight is 232 g/mol. The van der Waals surface area contributed by atoms with Gasteiger partial charge < -0.3 is 0 Å². The quantitative estimate of drug-likeness (QED) is 0.783. The highest BCUT2D eigenvalue weighted by Gasteiger charge is 2.13. The molecule has 1 heterocycles. The van der Waals surface area contributed by atoms with Crippen molar-refractivity contribution in [2.24, 2.45) is 5.92 Å². The standard InChI is InChI=1S/C8H12ClN4O2/c1-6(2)5-15-13(14)12-8-4-10-3-7(9)11-8/h3-4,6H,5H2,1-2H3,(H,11,12,14)/q+1. The SMILES string of the molecule is CC(C)CO[N+](=O)Nc1cncc(Cl)n1. The molecule has 6 nitrogen and oxygen atoms in total. The van der Waals surface area contributed by atoms with Crippen LogP contribution in [0.15, 0.2) is 12.4 Å². The second-order valence-corrected chi connectivity index (χ2v) is 3.67. The number of anilines is 1. The summed E-state index contributed by atoms with van der Waals surface area (Å²) in [5, 5.41) is 0.442. The molecule has 0 aromatic carbocycles. The topological polar surface area (TPSA) is 67.1 Å². The van der Waals surface area contributed by atoms with E-state index in [0.29, 0.717) is 6.61 Å². The van der Waals surface area contributed by atoms with Crippen molar-refractivity contribution in [3.8, 4) is 0 Å². The van der Waals surface area contributed by atoms with Crippen LogP contribution < -0.4 is 5.43 Å². The van der Waals surface area contributed by atoms with E-state index in [1.165, 1.54) is 12.4 Å². The summed E-state index contributed by atoms with van der Waals surface area (Å²) in [5.74, 6) is 0.509. The summed E-state index contributed by atoms with van der Waals surface area (Å²) in [5.41, 5.74) is 2.34. The zero-order valence-corrected chi connectivity index (χ0v) is 9.23. The highest BCUT2D eigenvalue weighted by molar-refractivity contribution is 6.29. The fourth-order valence-corrected chi connectivity index (χ4v) is 0.886. The van der Waals surface area contributed by atoms with Gasteiger partial charge in [-0.2, -0.15) is 0 Å². The van der Waals surface area contributed by atoms with Gasteiger partial charge in [0.1, 0.15) is 10.1 Å². The molecule has 82 valence electrons. The Kier molecular flexibility index (Phi) is 4.23. The number of hydrazine groups is 1. The molecule has 0 unspecified atom stereocenters. The highest BCUT2D eigenvalue weighted by Crippen LogP contribution is 2.06. The summed E-state index contributed by atoms with van der Waals surface area (Å²) in [6.07, 6.45) is 2.74. The molecular formula is C8H12ClN4O2+. The molecule has 0 radical (unpaired) electrons. The van der Waals surface area contributed by atoms with Gasteiger partial charge in [-0.05, 0) is 11.3 Å². The van der Waals surface area contributed by atoms with Crippen molar-refractivity contribution in [3.05, 3.63) is 22.5 Å². The van der Waals surface area contributed by atoms with Gasteiger partial charge in [-0.15, -0.1) is 0 Å². The van der Waals surface area contributed by atoms with E-state index < -0.39 is 0 Å². The summed E-state index contributed by atoms with van der Waals surface area (Å²) < 4.78 is 0. The molecule has 0 atom stereocenters.